The molecule has 4 rings (SSSR count). The molecule has 0 bridgehead atoms. The summed E-state index contributed by atoms with van der Waals surface area (Å²) in [5, 5.41) is 11.4. The molecule has 0 saturated carbocycles. The number of nitriles is 1. The largest absolute Gasteiger partial charge is 0.464 e. The van der Waals surface area contributed by atoms with Crippen molar-refractivity contribution in [1.82, 2.24) is 0 Å². The number of hydrogen-bond acceptors (Lipinski definition) is 5. The predicted octanol–water partition coefficient (Wildman–Crippen LogP) is 3.57. The molecule has 0 amide bonds. The van der Waals surface area contributed by atoms with Crippen LogP contribution in [-0.2, 0) is 4.84 Å². The van der Waals surface area contributed by atoms with Crippen molar-refractivity contribution in [3.63, 3.8) is 0 Å². The molecular weight excluding hydrogens is 304 g/mol. The van der Waals surface area contributed by atoms with E-state index in [9.17, 15) is 10.1 Å². The summed E-state index contributed by atoms with van der Waals surface area (Å²) in [4.78, 5) is 18.6. The molecule has 2 atom stereocenters. The van der Waals surface area contributed by atoms with Gasteiger partial charge in [0.1, 0.15) is 11.8 Å². The smallest absolute Gasteiger partial charge is 0.198 e. The number of hydroxylamine groups is 1. The third-order valence-electron chi connectivity index (χ3n) is 4.18. The summed E-state index contributed by atoms with van der Waals surface area (Å²) in [6.07, 6.45) is 1.30. The molecule has 2 heterocycles. The highest BCUT2D eigenvalue weighted by atomic mass is 16.7. The molecule has 3 aromatic rings. The molecule has 24 heavy (non-hydrogen) atoms. The van der Waals surface area contributed by atoms with Gasteiger partial charge in [0.05, 0.1) is 28.7 Å². The van der Waals surface area contributed by atoms with E-state index in [4.69, 9.17) is 9.25 Å². The van der Waals surface area contributed by atoms with Crippen LogP contribution < -0.4 is 10.5 Å². The van der Waals surface area contributed by atoms with E-state index < -0.39 is 6.10 Å². The normalized spacial score (nSPS) is 20.2. The Hall–Kier alpha value is -3.10. The van der Waals surface area contributed by atoms with Crippen LogP contribution in [0.1, 0.15) is 18.0 Å². The van der Waals surface area contributed by atoms with Gasteiger partial charge in [-0.2, -0.15) is 5.26 Å². The van der Waals surface area contributed by atoms with E-state index in [1.165, 1.54) is 6.26 Å². The first-order chi connectivity index (χ1) is 11.8. The second kappa shape index (κ2) is 5.84. The van der Waals surface area contributed by atoms with Crippen LogP contribution in [0, 0.1) is 11.3 Å². The average Bonchev–Trinajstić information content (AvgIpc) is 3.07. The van der Waals surface area contributed by atoms with Gasteiger partial charge in [0, 0.05) is 6.42 Å². The van der Waals surface area contributed by atoms with E-state index in [-0.39, 0.29) is 11.5 Å². The monoisotopic (exact) mass is 318 g/mol. The Morgan fingerprint density at radius 2 is 1.83 bits per heavy atom. The van der Waals surface area contributed by atoms with Gasteiger partial charge in [0.2, 0.25) is 0 Å². The Bertz CT molecular complexity index is 975. The molecular formula is C19H14N2O3. The second-order valence-electron chi connectivity index (χ2n) is 5.65. The first kappa shape index (κ1) is 14.5. The fourth-order valence-corrected chi connectivity index (χ4v) is 3.02. The molecule has 1 aliphatic rings. The lowest BCUT2D eigenvalue weighted by Crippen LogP contribution is -2.25. The van der Waals surface area contributed by atoms with Gasteiger partial charge in [0.25, 0.3) is 0 Å². The standard InChI is InChI=1S/C19H14N2O3/c20-11-14-10-17(21(24-14)13-6-2-1-3-7-13)16-12-23-18-9-5-4-8-15(18)19(16)22/h1-9,12,14,17H,10H2. The van der Waals surface area contributed by atoms with E-state index in [1.807, 2.05) is 36.4 Å². The number of para-hydroxylation sites is 2. The minimum atomic E-state index is -0.596. The van der Waals surface area contributed by atoms with E-state index in [1.54, 1.807) is 23.3 Å². The van der Waals surface area contributed by atoms with Gasteiger partial charge in [0.15, 0.2) is 11.5 Å². The maximum absolute atomic E-state index is 12.9. The van der Waals surface area contributed by atoms with Crippen molar-refractivity contribution in [3.8, 4) is 6.07 Å². The zero-order valence-corrected chi connectivity index (χ0v) is 12.8. The maximum Gasteiger partial charge on any atom is 0.198 e. The molecule has 1 fully saturated rings. The molecule has 5 heteroatoms. The summed E-state index contributed by atoms with van der Waals surface area (Å²) in [5.41, 5.74) is 1.75. The predicted molar refractivity (Wildman–Crippen MR) is 89.2 cm³/mol. The van der Waals surface area contributed by atoms with Crippen molar-refractivity contribution in [1.29, 1.82) is 5.26 Å². The van der Waals surface area contributed by atoms with Crippen LogP contribution in [0.3, 0.4) is 0 Å². The SMILES string of the molecule is N#CC1CC(c2coc3ccccc3c2=O)N(c2ccccc2)O1. The van der Waals surface area contributed by atoms with Crippen molar-refractivity contribution in [2.75, 3.05) is 5.06 Å². The van der Waals surface area contributed by atoms with Gasteiger partial charge in [-0.1, -0.05) is 30.3 Å². The van der Waals surface area contributed by atoms with E-state index in [0.29, 0.717) is 23.0 Å². The van der Waals surface area contributed by atoms with Crippen LogP contribution >= 0.6 is 0 Å². The molecule has 5 nitrogen and oxygen atoms in total. The molecule has 0 radical (unpaired) electrons. The number of rotatable bonds is 2. The summed E-state index contributed by atoms with van der Waals surface area (Å²) in [6, 6.07) is 18.3. The number of benzene rings is 2. The van der Waals surface area contributed by atoms with Gasteiger partial charge in [-0.3, -0.25) is 9.63 Å². The van der Waals surface area contributed by atoms with Crippen molar-refractivity contribution < 1.29 is 9.25 Å². The molecule has 0 aliphatic carbocycles. The minimum absolute atomic E-state index is 0.0926. The molecule has 1 aromatic heterocycles. The Balaban J connectivity index is 1.83. The summed E-state index contributed by atoms with van der Waals surface area (Å²) in [5.74, 6) is 0. The summed E-state index contributed by atoms with van der Waals surface area (Å²) >= 11 is 0. The lowest BCUT2D eigenvalue weighted by Gasteiger charge is -2.24. The molecule has 118 valence electrons. The van der Waals surface area contributed by atoms with Crippen LogP contribution in [0.15, 0.2) is 70.1 Å². The fraction of sp³-hybridized carbons (Fsp3) is 0.158. The van der Waals surface area contributed by atoms with E-state index in [0.717, 1.165) is 5.69 Å². The summed E-state index contributed by atoms with van der Waals surface area (Å²) in [7, 11) is 0. The van der Waals surface area contributed by atoms with Crippen LogP contribution in [0.5, 0.6) is 0 Å². The number of nitrogens with zero attached hydrogens (tertiary/aromatic N) is 2. The highest BCUT2D eigenvalue weighted by Crippen LogP contribution is 2.37. The molecule has 0 N–H and O–H groups in total. The topological polar surface area (TPSA) is 66.5 Å². The van der Waals surface area contributed by atoms with Gasteiger partial charge >= 0.3 is 0 Å². The van der Waals surface area contributed by atoms with Crippen LogP contribution in [0.4, 0.5) is 5.69 Å². The summed E-state index contributed by atoms with van der Waals surface area (Å²) in [6.45, 7) is 0. The molecule has 2 aromatic carbocycles. The Morgan fingerprint density at radius 1 is 1.08 bits per heavy atom. The Morgan fingerprint density at radius 3 is 2.62 bits per heavy atom. The molecule has 0 spiro atoms. The first-order valence-electron chi connectivity index (χ1n) is 7.69. The van der Waals surface area contributed by atoms with E-state index >= 15 is 0 Å². The second-order valence-corrected chi connectivity index (χ2v) is 5.65. The van der Waals surface area contributed by atoms with Gasteiger partial charge < -0.3 is 4.42 Å². The quantitative estimate of drug-likeness (QED) is 0.722. The highest BCUT2D eigenvalue weighted by Gasteiger charge is 2.37. The van der Waals surface area contributed by atoms with Crippen molar-refractivity contribution in [3.05, 3.63) is 76.6 Å². The summed E-state index contributed by atoms with van der Waals surface area (Å²) < 4.78 is 5.62. The maximum atomic E-state index is 12.9. The fourth-order valence-electron chi connectivity index (χ4n) is 3.02. The molecule has 2 unspecified atom stereocenters. The lowest BCUT2D eigenvalue weighted by atomic mass is 10.0. The van der Waals surface area contributed by atoms with Crippen LogP contribution in [-0.4, -0.2) is 6.10 Å². The lowest BCUT2D eigenvalue weighted by molar-refractivity contribution is 0.118. The molecule has 1 aliphatic heterocycles. The van der Waals surface area contributed by atoms with Crippen molar-refractivity contribution in [2.45, 2.75) is 18.6 Å². The van der Waals surface area contributed by atoms with Crippen molar-refractivity contribution >= 4 is 16.7 Å². The van der Waals surface area contributed by atoms with Crippen LogP contribution in [0.25, 0.3) is 11.0 Å². The van der Waals surface area contributed by atoms with Gasteiger partial charge in [-0.25, -0.2) is 5.06 Å². The number of anilines is 1. The minimum Gasteiger partial charge on any atom is -0.464 e. The Kier molecular flexibility index (Phi) is 3.52. The first-order valence-corrected chi connectivity index (χ1v) is 7.69. The number of hydrogen-bond donors (Lipinski definition) is 0. The Labute approximate surface area is 138 Å². The zero-order valence-electron chi connectivity index (χ0n) is 12.8. The number of fused-ring (bicyclic) bond motifs is 1. The third kappa shape index (κ3) is 2.34. The zero-order chi connectivity index (χ0) is 16.5. The average molecular weight is 318 g/mol. The van der Waals surface area contributed by atoms with Gasteiger partial charge in [-0.05, 0) is 24.3 Å². The van der Waals surface area contributed by atoms with Crippen LogP contribution in [0.2, 0.25) is 0 Å². The molecule has 1 saturated heterocycles. The van der Waals surface area contributed by atoms with Crippen molar-refractivity contribution in [2.24, 2.45) is 0 Å². The van der Waals surface area contributed by atoms with E-state index in [2.05, 4.69) is 6.07 Å². The van der Waals surface area contributed by atoms with Gasteiger partial charge in [-0.15, -0.1) is 0 Å². The third-order valence-corrected chi connectivity index (χ3v) is 4.18. The highest BCUT2D eigenvalue weighted by molar-refractivity contribution is 5.76.